The quantitative estimate of drug-likeness (QED) is 0.633. The molecule has 1 aliphatic heterocycles. The molecule has 0 aromatic heterocycles. The van der Waals surface area contributed by atoms with Gasteiger partial charge in [-0.25, -0.2) is 0 Å². The van der Waals surface area contributed by atoms with Gasteiger partial charge in [-0.15, -0.1) is 11.8 Å². The van der Waals surface area contributed by atoms with Crippen LogP contribution < -0.4 is 10.1 Å². The van der Waals surface area contributed by atoms with Crippen LogP contribution in [0.2, 0.25) is 0 Å². The first kappa shape index (κ1) is 22.2. The topological polar surface area (TPSA) is 58.6 Å². The SMILES string of the molecule is COc1ccc(NC(=O)CCC2CCCN(C(=O)c3ccc(SC)cc3)C2)c(C)c1. The predicted molar refractivity (Wildman–Crippen MR) is 122 cm³/mol. The van der Waals surface area contributed by atoms with E-state index in [1.807, 2.05) is 60.5 Å². The Bertz CT molecular complexity index is 883. The van der Waals surface area contributed by atoms with Gasteiger partial charge in [0.2, 0.25) is 5.91 Å². The van der Waals surface area contributed by atoms with Gasteiger partial charge in [-0.1, -0.05) is 0 Å². The third kappa shape index (κ3) is 5.79. The summed E-state index contributed by atoms with van der Waals surface area (Å²) < 4.78 is 5.21. The van der Waals surface area contributed by atoms with Crippen molar-refractivity contribution in [3.05, 3.63) is 53.6 Å². The van der Waals surface area contributed by atoms with Gasteiger partial charge in [-0.3, -0.25) is 9.59 Å². The van der Waals surface area contributed by atoms with Crippen LogP contribution in [0.1, 0.15) is 41.6 Å². The number of aryl methyl sites for hydroxylation is 1. The highest BCUT2D eigenvalue weighted by Crippen LogP contribution is 2.25. The van der Waals surface area contributed by atoms with Crippen molar-refractivity contribution < 1.29 is 14.3 Å². The summed E-state index contributed by atoms with van der Waals surface area (Å²) in [6, 6.07) is 13.4. The minimum Gasteiger partial charge on any atom is -0.497 e. The molecule has 2 aromatic rings. The van der Waals surface area contributed by atoms with Crippen molar-refractivity contribution >= 4 is 29.3 Å². The lowest BCUT2D eigenvalue weighted by Gasteiger charge is -2.33. The maximum atomic E-state index is 12.8. The van der Waals surface area contributed by atoms with E-state index in [0.717, 1.165) is 59.8 Å². The van der Waals surface area contributed by atoms with E-state index in [-0.39, 0.29) is 11.8 Å². The fourth-order valence-corrected chi connectivity index (χ4v) is 4.26. The highest BCUT2D eigenvalue weighted by molar-refractivity contribution is 7.98. The number of hydrogen-bond donors (Lipinski definition) is 1. The molecule has 2 aromatic carbocycles. The molecule has 1 fully saturated rings. The maximum Gasteiger partial charge on any atom is 0.253 e. The smallest absolute Gasteiger partial charge is 0.253 e. The number of benzene rings is 2. The molecule has 160 valence electrons. The molecular formula is C24H30N2O3S. The van der Waals surface area contributed by atoms with Crippen LogP contribution in [-0.2, 0) is 4.79 Å². The predicted octanol–water partition coefficient (Wildman–Crippen LogP) is 5.00. The molecule has 5 nitrogen and oxygen atoms in total. The van der Waals surface area contributed by atoms with E-state index in [2.05, 4.69) is 5.32 Å². The molecule has 0 bridgehead atoms. The largest absolute Gasteiger partial charge is 0.497 e. The molecule has 6 heteroatoms. The van der Waals surface area contributed by atoms with Crippen LogP contribution in [0.25, 0.3) is 0 Å². The normalized spacial score (nSPS) is 16.2. The van der Waals surface area contributed by atoms with Gasteiger partial charge in [0.15, 0.2) is 0 Å². The Hall–Kier alpha value is -2.47. The van der Waals surface area contributed by atoms with Crippen LogP contribution in [0.3, 0.4) is 0 Å². The zero-order valence-electron chi connectivity index (χ0n) is 17.9. The third-order valence-corrected chi connectivity index (χ3v) is 6.37. The van der Waals surface area contributed by atoms with Crippen molar-refractivity contribution in [1.29, 1.82) is 0 Å². The van der Waals surface area contributed by atoms with E-state index in [1.54, 1.807) is 18.9 Å². The van der Waals surface area contributed by atoms with Gasteiger partial charge < -0.3 is 15.0 Å². The fourth-order valence-electron chi connectivity index (χ4n) is 3.85. The number of carbonyl (C=O) groups is 2. The number of anilines is 1. The molecule has 1 saturated heterocycles. The Kier molecular flexibility index (Phi) is 7.80. The van der Waals surface area contributed by atoms with Crippen molar-refractivity contribution in [2.24, 2.45) is 5.92 Å². The minimum absolute atomic E-state index is 0.0133. The molecular weight excluding hydrogens is 396 g/mol. The molecule has 2 amide bonds. The van der Waals surface area contributed by atoms with E-state index >= 15 is 0 Å². The van der Waals surface area contributed by atoms with Crippen molar-refractivity contribution in [3.8, 4) is 5.75 Å². The summed E-state index contributed by atoms with van der Waals surface area (Å²) in [4.78, 5) is 28.4. The van der Waals surface area contributed by atoms with E-state index in [9.17, 15) is 9.59 Å². The average molecular weight is 427 g/mol. The van der Waals surface area contributed by atoms with E-state index < -0.39 is 0 Å². The first-order chi connectivity index (χ1) is 14.5. The molecule has 0 saturated carbocycles. The molecule has 0 radical (unpaired) electrons. The molecule has 1 aliphatic rings. The summed E-state index contributed by atoms with van der Waals surface area (Å²) >= 11 is 1.67. The highest BCUT2D eigenvalue weighted by atomic mass is 32.2. The second-order valence-corrected chi connectivity index (χ2v) is 8.64. The van der Waals surface area contributed by atoms with Crippen molar-refractivity contribution in [2.45, 2.75) is 37.5 Å². The summed E-state index contributed by atoms with van der Waals surface area (Å²) in [6.45, 7) is 3.46. The standard InChI is InChI=1S/C24H30N2O3S/c1-17-15-20(29-2)9-12-22(17)25-23(27)13-6-18-5-4-14-26(16-18)24(28)19-7-10-21(30-3)11-8-19/h7-12,15,18H,4-6,13-14,16H2,1-3H3,(H,25,27). The van der Waals surface area contributed by atoms with Crippen LogP contribution in [0.5, 0.6) is 5.75 Å². The van der Waals surface area contributed by atoms with Gasteiger partial charge in [0.05, 0.1) is 7.11 Å². The second kappa shape index (κ2) is 10.5. The molecule has 1 heterocycles. The van der Waals surface area contributed by atoms with Crippen LogP contribution in [0.4, 0.5) is 5.69 Å². The summed E-state index contributed by atoms with van der Waals surface area (Å²) in [5, 5.41) is 2.99. The summed E-state index contributed by atoms with van der Waals surface area (Å²) in [5.74, 6) is 1.24. The first-order valence-corrected chi connectivity index (χ1v) is 11.6. The molecule has 0 aliphatic carbocycles. The zero-order chi connectivity index (χ0) is 21.5. The van der Waals surface area contributed by atoms with Crippen molar-refractivity contribution in [1.82, 2.24) is 4.90 Å². The van der Waals surface area contributed by atoms with Crippen LogP contribution in [0.15, 0.2) is 47.4 Å². The highest BCUT2D eigenvalue weighted by Gasteiger charge is 2.25. The van der Waals surface area contributed by atoms with Gasteiger partial charge in [-0.05, 0) is 86.4 Å². The average Bonchev–Trinajstić information content (AvgIpc) is 2.78. The molecule has 3 rings (SSSR count). The zero-order valence-corrected chi connectivity index (χ0v) is 18.8. The number of amides is 2. The van der Waals surface area contributed by atoms with Crippen LogP contribution in [-0.4, -0.2) is 43.2 Å². The second-order valence-electron chi connectivity index (χ2n) is 7.76. The number of rotatable bonds is 7. The Balaban J connectivity index is 1.50. The fraction of sp³-hybridized carbons (Fsp3) is 0.417. The molecule has 1 unspecified atom stereocenters. The summed E-state index contributed by atoms with van der Waals surface area (Å²) in [6.07, 6.45) is 5.32. The number of nitrogens with zero attached hydrogens (tertiary/aromatic N) is 1. The number of piperidine rings is 1. The number of carbonyl (C=O) groups excluding carboxylic acids is 2. The number of thioether (sulfide) groups is 1. The lowest BCUT2D eigenvalue weighted by atomic mass is 9.92. The lowest BCUT2D eigenvalue weighted by molar-refractivity contribution is -0.116. The number of likely N-dealkylation sites (tertiary alicyclic amines) is 1. The number of methoxy groups -OCH3 is 1. The first-order valence-electron chi connectivity index (χ1n) is 10.4. The van der Waals surface area contributed by atoms with Crippen molar-refractivity contribution in [2.75, 3.05) is 31.8 Å². The van der Waals surface area contributed by atoms with Gasteiger partial charge >= 0.3 is 0 Å². The van der Waals surface area contributed by atoms with Gasteiger partial charge in [0.1, 0.15) is 5.75 Å². The van der Waals surface area contributed by atoms with Crippen LogP contribution >= 0.6 is 11.8 Å². The van der Waals surface area contributed by atoms with Gasteiger partial charge in [0, 0.05) is 35.7 Å². The number of ether oxygens (including phenoxy) is 1. The third-order valence-electron chi connectivity index (χ3n) is 5.63. The molecule has 1 atom stereocenters. The van der Waals surface area contributed by atoms with E-state index in [0.29, 0.717) is 12.3 Å². The van der Waals surface area contributed by atoms with E-state index in [1.165, 1.54) is 0 Å². The molecule has 30 heavy (non-hydrogen) atoms. The van der Waals surface area contributed by atoms with Crippen LogP contribution in [0, 0.1) is 12.8 Å². The van der Waals surface area contributed by atoms with Gasteiger partial charge in [-0.2, -0.15) is 0 Å². The van der Waals surface area contributed by atoms with Crippen molar-refractivity contribution in [3.63, 3.8) is 0 Å². The Morgan fingerprint density at radius 2 is 1.97 bits per heavy atom. The number of hydrogen-bond acceptors (Lipinski definition) is 4. The Morgan fingerprint density at radius 1 is 1.20 bits per heavy atom. The molecule has 0 spiro atoms. The maximum absolute atomic E-state index is 12.8. The number of nitrogens with one attached hydrogen (secondary N) is 1. The Morgan fingerprint density at radius 3 is 2.63 bits per heavy atom. The summed E-state index contributed by atoms with van der Waals surface area (Å²) in [7, 11) is 1.63. The molecule has 1 N–H and O–H groups in total. The van der Waals surface area contributed by atoms with E-state index in [4.69, 9.17) is 4.74 Å². The Labute approximate surface area is 183 Å². The summed E-state index contributed by atoms with van der Waals surface area (Å²) in [5.41, 5.74) is 2.53. The van der Waals surface area contributed by atoms with Gasteiger partial charge in [0.25, 0.3) is 5.91 Å². The minimum atomic E-state index is 0.0133. The monoisotopic (exact) mass is 426 g/mol. The lowest BCUT2D eigenvalue weighted by Crippen LogP contribution is -2.40.